The topological polar surface area (TPSA) is 122 Å². The third-order valence-corrected chi connectivity index (χ3v) is 2.25. The lowest BCUT2D eigenvalue weighted by atomic mass is 10.3. The van der Waals surface area contributed by atoms with E-state index in [9.17, 15) is 4.79 Å². The van der Waals surface area contributed by atoms with E-state index in [0.717, 1.165) is 5.82 Å². The molecule has 2 rings (SSSR count). The number of hydrogen-bond acceptors (Lipinski definition) is 6. The van der Waals surface area contributed by atoms with Gasteiger partial charge in [-0.2, -0.15) is 0 Å². The first-order valence-corrected chi connectivity index (χ1v) is 5.36. The van der Waals surface area contributed by atoms with E-state index in [1.54, 1.807) is 24.5 Å². The maximum atomic E-state index is 11.7. The third-order valence-electron chi connectivity index (χ3n) is 2.25. The number of hydrazine groups is 1. The van der Waals surface area contributed by atoms with Crippen molar-refractivity contribution in [3.05, 3.63) is 36.0 Å². The Labute approximate surface area is 103 Å². The van der Waals surface area contributed by atoms with Crippen LogP contribution in [-0.2, 0) is 6.42 Å². The molecule has 0 unspecified atom stereocenters. The van der Waals surface area contributed by atoms with E-state index in [0.29, 0.717) is 18.8 Å². The Morgan fingerprint density at radius 1 is 1.39 bits per heavy atom. The predicted octanol–water partition coefficient (Wildman–Crippen LogP) is -0.542. The minimum atomic E-state index is -0.280. The molecule has 0 aliphatic carbocycles. The van der Waals surface area contributed by atoms with Crippen LogP contribution in [0.5, 0.6) is 0 Å². The summed E-state index contributed by atoms with van der Waals surface area (Å²) in [7, 11) is 0. The summed E-state index contributed by atoms with van der Waals surface area (Å²) in [6.45, 7) is 0.477. The molecular formula is C10H13N7O. The summed E-state index contributed by atoms with van der Waals surface area (Å²) in [6.07, 6.45) is 4.04. The molecule has 2 aromatic heterocycles. The molecule has 0 fully saturated rings. The number of carbonyl (C=O) groups excluding carboxylic acids is 1. The number of carbonyl (C=O) groups is 1. The van der Waals surface area contributed by atoms with Gasteiger partial charge in [-0.15, -0.1) is 10.2 Å². The Bertz CT molecular complexity index is 493. The van der Waals surface area contributed by atoms with Crippen LogP contribution in [-0.4, -0.2) is 32.6 Å². The van der Waals surface area contributed by atoms with Crippen LogP contribution >= 0.6 is 0 Å². The number of anilines is 1. The summed E-state index contributed by atoms with van der Waals surface area (Å²) < 4.78 is 0. The van der Waals surface area contributed by atoms with Crippen LogP contribution in [0.3, 0.4) is 0 Å². The molecular weight excluding hydrogens is 234 g/mol. The first kappa shape index (κ1) is 12.0. The highest BCUT2D eigenvalue weighted by Gasteiger charge is 2.07. The number of nitrogens with zero attached hydrogens (tertiary/aromatic N) is 3. The molecule has 0 aliphatic rings. The largest absolute Gasteiger partial charge is 0.350 e. The first-order chi connectivity index (χ1) is 8.79. The lowest BCUT2D eigenvalue weighted by Gasteiger charge is -2.03. The molecule has 1 amide bonds. The summed E-state index contributed by atoms with van der Waals surface area (Å²) in [5.41, 5.74) is 2.58. The van der Waals surface area contributed by atoms with Crippen molar-refractivity contribution in [1.29, 1.82) is 0 Å². The SMILES string of the molecule is NNc1ccc(C(=O)NCCc2ncc[nH]2)nn1. The van der Waals surface area contributed by atoms with Crippen LogP contribution in [0, 0.1) is 0 Å². The zero-order valence-electron chi connectivity index (χ0n) is 9.55. The Morgan fingerprint density at radius 3 is 2.89 bits per heavy atom. The van der Waals surface area contributed by atoms with Crippen molar-refractivity contribution >= 4 is 11.7 Å². The van der Waals surface area contributed by atoms with E-state index in [2.05, 4.69) is 30.9 Å². The van der Waals surface area contributed by atoms with Crippen molar-refractivity contribution in [3.63, 3.8) is 0 Å². The molecule has 0 aromatic carbocycles. The number of amides is 1. The molecule has 5 N–H and O–H groups in total. The van der Waals surface area contributed by atoms with Crippen molar-refractivity contribution < 1.29 is 4.79 Å². The monoisotopic (exact) mass is 247 g/mol. The van der Waals surface area contributed by atoms with Gasteiger partial charge in [0, 0.05) is 25.4 Å². The summed E-state index contributed by atoms with van der Waals surface area (Å²) in [5, 5.41) is 10.2. The summed E-state index contributed by atoms with van der Waals surface area (Å²) in [6, 6.07) is 3.12. The van der Waals surface area contributed by atoms with Gasteiger partial charge in [-0.05, 0) is 12.1 Å². The minimum absolute atomic E-state index is 0.244. The maximum absolute atomic E-state index is 11.7. The first-order valence-electron chi connectivity index (χ1n) is 5.36. The molecule has 94 valence electrons. The Balaban J connectivity index is 1.83. The molecule has 8 heteroatoms. The van der Waals surface area contributed by atoms with Gasteiger partial charge >= 0.3 is 0 Å². The summed E-state index contributed by atoms with van der Waals surface area (Å²) in [4.78, 5) is 18.7. The lowest BCUT2D eigenvalue weighted by Crippen LogP contribution is -2.27. The molecule has 0 aliphatic heterocycles. The number of H-pyrrole nitrogens is 1. The molecule has 0 saturated carbocycles. The van der Waals surface area contributed by atoms with Crippen LogP contribution in [0.25, 0.3) is 0 Å². The fourth-order valence-corrected chi connectivity index (χ4v) is 1.35. The predicted molar refractivity (Wildman–Crippen MR) is 64.5 cm³/mol. The summed E-state index contributed by atoms with van der Waals surface area (Å²) in [5.74, 6) is 6.09. The fourth-order valence-electron chi connectivity index (χ4n) is 1.35. The van der Waals surface area contributed by atoms with Gasteiger partial charge in [0.25, 0.3) is 5.91 Å². The van der Waals surface area contributed by atoms with Crippen LogP contribution < -0.4 is 16.6 Å². The fraction of sp³-hybridized carbons (Fsp3) is 0.200. The lowest BCUT2D eigenvalue weighted by molar-refractivity contribution is 0.0948. The van der Waals surface area contributed by atoms with Crippen LogP contribution in [0.4, 0.5) is 5.82 Å². The summed E-state index contributed by atoms with van der Waals surface area (Å²) >= 11 is 0. The Morgan fingerprint density at radius 2 is 2.28 bits per heavy atom. The second-order valence-electron chi connectivity index (χ2n) is 3.49. The molecule has 2 heterocycles. The molecule has 2 aromatic rings. The Hall–Kier alpha value is -2.48. The number of nitrogens with two attached hydrogens (primary N) is 1. The number of nitrogens with one attached hydrogen (secondary N) is 3. The van der Waals surface area contributed by atoms with Gasteiger partial charge in [0.15, 0.2) is 11.5 Å². The molecule has 0 radical (unpaired) electrons. The number of imidazole rings is 1. The Kier molecular flexibility index (Phi) is 3.82. The number of aromatic amines is 1. The van der Waals surface area contributed by atoms with Crippen molar-refractivity contribution in [3.8, 4) is 0 Å². The molecule has 18 heavy (non-hydrogen) atoms. The smallest absolute Gasteiger partial charge is 0.271 e. The standard InChI is InChI=1S/C10H13N7O/c11-15-9-2-1-7(16-17-9)10(18)14-4-3-8-12-5-6-13-8/h1-2,5-6H,3-4,11H2,(H,12,13)(H,14,18)(H,15,17). The number of rotatable bonds is 5. The average Bonchev–Trinajstić information content (AvgIpc) is 2.92. The number of nitrogen functional groups attached to an aromatic ring is 1. The second-order valence-corrected chi connectivity index (χ2v) is 3.49. The maximum Gasteiger partial charge on any atom is 0.271 e. The highest BCUT2D eigenvalue weighted by Crippen LogP contribution is 1.99. The molecule has 0 saturated heterocycles. The van der Waals surface area contributed by atoms with Gasteiger partial charge in [0.05, 0.1) is 0 Å². The van der Waals surface area contributed by atoms with E-state index in [4.69, 9.17) is 5.84 Å². The zero-order valence-corrected chi connectivity index (χ0v) is 9.55. The molecule has 0 atom stereocenters. The van der Waals surface area contributed by atoms with Gasteiger partial charge in [0.1, 0.15) is 5.82 Å². The number of hydrogen-bond donors (Lipinski definition) is 4. The molecule has 8 nitrogen and oxygen atoms in total. The van der Waals surface area contributed by atoms with Crippen LogP contribution in [0.1, 0.15) is 16.3 Å². The van der Waals surface area contributed by atoms with Gasteiger partial charge in [-0.1, -0.05) is 0 Å². The molecule has 0 spiro atoms. The zero-order chi connectivity index (χ0) is 12.8. The third kappa shape index (κ3) is 3.01. The van der Waals surface area contributed by atoms with Crippen LogP contribution in [0.15, 0.2) is 24.5 Å². The normalized spacial score (nSPS) is 10.1. The van der Waals surface area contributed by atoms with Gasteiger partial charge < -0.3 is 15.7 Å². The quantitative estimate of drug-likeness (QED) is 0.416. The van der Waals surface area contributed by atoms with E-state index >= 15 is 0 Å². The highest BCUT2D eigenvalue weighted by molar-refractivity contribution is 5.92. The van der Waals surface area contributed by atoms with Crippen molar-refractivity contribution in [1.82, 2.24) is 25.5 Å². The number of aromatic nitrogens is 4. The van der Waals surface area contributed by atoms with Crippen molar-refractivity contribution in [2.24, 2.45) is 5.84 Å². The van der Waals surface area contributed by atoms with Crippen molar-refractivity contribution in [2.45, 2.75) is 6.42 Å². The highest BCUT2D eigenvalue weighted by atomic mass is 16.1. The van der Waals surface area contributed by atoms with E-state index in [1.807, 2.05) is 0 Å². The van der Waals surface area contributed by atoms with Gasteiger partial charge in [-0.3, -0.25) is 4.79 Å². The molecule has 0 bridgehead atoms. The van der Waals surface area contributed by atoms with Crippen LogP contribution in [0.2, 0.25) is 0 Å². The van der Waals surface area contributed by atoms with Gasteiger partial charge in [-0.25, -0.2) is 10.8 Å². The van der Waals surface area contributed by atoms with E-state index < -0.39 is 0 Å². The van der Waals surface area contributed by atoms with E-state index in [-0.39, 0.29) is 11.6 Å². The van der Waals surface area contributed by atoms with E-state index in [1.165, 1.54) is 0 Å². The van der Waals surface area contributed by atoms with Crippen molar-refractivity contribution in [2.75, 3.05) is 12.0 Å². The minimum Gasteiger partial charge on any atom is -0.350 e. The second kappa shape index (κ2) is 5.73. The van der Waals surface area contributed by atoms with Gasteiger partial charge in [0.2, 0.25) is 0 Å². The average molecular weight is 247 g/mol.